The van der Waals surface area contributed by atoms with Gasteiger partial charge in [0.15, 0.2) is 0 Å². The smallest absolute Gasteiger partial charge is 0.416 e. The van der Waals surface area contributed by atoms with E-state index in [9.17, 15) is 18.0 Å². The zero-order valence-electron chi connectivity index (χ0n) is 11.8. The molecule has 0 aliphatic heterocycles. The summed E-state index contributed by atoms with van der Waals surface area (Å²) in [6.45, 7) is -0.194. The second-order valence-corrected chi connectivity index (χ2v) is 4.57. The molecule has 2 aromatic carbocycles. The number of carbonyl (C=O) groups is 1. The van der Waals surface area contributed by atoms with E-state index in [4.69, 9.17) is 4.74 Å². The lowest BCUT2D eigenvalue weighted by atomic mass is 10.1. The number of hydrogen-bond donors (Lipinski definition) is 1. The van der Waals surface area contributed by atoms with Crippen LogP contribution >= 0.6 is 0 Å². The van der Waals surface area contributed by atoms with Gasteiger partial charge in [-0.2, -0.15) is 13.2 Å². The van der Waals surface area contributed by atoms with Crippen molar-refractivity contribution in [3.63, 3.8) is 0 Å². The predicted molar refractivity (Wildman–Crippen MR) is 75.6 cm³/mol. The van der Waals surface area contributed by atoms with E-state index >= 15 is 0 Å². The van der Waals surface area contributed by atoms with Crippen molar-refractivity contribution in [3.05, 3.63) is 65.2 Å². The van der Waals surface area contributed by atoms with E-state index in [1.165, 1.54) is 25.3 Å². The minimum atomic E-state index is -4.44. The summed E-state index contributed by atoms with van der Waals surface area (Å²) < 4.78 is 43.5. The highest BCUT2D eigenvalue weighted by Gasteiger charge is 2.32. The molecule has 0 atom stereocenters. The van der Waals surface area contributed by atoms with Crippen molar-refractivity contribution in [1.82, 2.24) is 5.32 Å². The standard InChI is InChI=1S/C16H14F3NO2/c1-22-13-8-6-11(7-9-13)15(21)20-10-12-4-2-3-5-14(12)16(17,18)19/h2-9H,10H2,1H3,(H,20,21). The van der Waals surface area contributed by atoms with Crippen LogP contribution in [0.25, 0.3) is 0 Å². The van der Waals surface area contributed by atoms with Crippen molar-refractivity contribution in [3.8, 4) is 5.75 Å². The minimum Gasteiger partial charge on any atom is -0.497 e. The molecule has 0 aliphatic carbocycles. The molecule has 2 aromatic rings. The maximum atomic E-state index is 12.9. The second kappa shape index (κ2) is 6.51. The zero-order chi connectivity index (χ0) is 16.2. The molecule has 22 heavy (non-hydrogen) atoms. The van der Waals surface area contributed by atoms with Gasteiger partial charge < -0.3 is 10.1 Å². The quantitative estimate of drug-likeness (QED) is 0.936. The lowest BCUT2D eigenvalue weighted by Gasteiger charge is -2.13. The molecule has 2 rings (SSSR count). The van der Waals surface area contributed by atoms with E-state index in [0.717, 1.165) is 6.07 Å². The van der Waals surface area contributed by atoms with Gasteiger partial charge in [0.25, 0.3) is 5.91 Å². The Morgan fingerprint density at radius 1 is 1.09 bits per heavy atom. The number of rotatable bonds is 4. The molecule has 116 valence electrons. The predicted octanol–water partition coefficient (Wildman–Crippen LogP) is 3.64. The lowest BCUT2D eigenvalue weighted by molar-refractivity contribution is -0.138. The van der Waals surface area contributed by atoms with Crippen LogP contribution in [0.4, 0.5) is 13.2 Å². The largest absolute Gasteiger partial charge is 0.497 e. The van der Waals surface area contributed by atoms with E-state index in [1.54, 1.807) is 24.3 Å². The Balaban J connectivity index is 2.08. The molecule has 0 radical (unpaired) electrons. The van der Waals surface area contributed by atoms with Gasteiger partial charge >= 0.3 is 6.18 Å². The minimum absolute atomic E-state index is 0.0249. The summed E-state index contributed by atoms with van der Waals surface area (Å²) in [6.07, 6.45) is -4.44. The van der Waals surface area contributed by atoms with Gasteiger partial charge in [0.05, 0.1) is 12.7 Å². The summed E-state index contributed by atoms with van der Waals surface area (Å²) in [4.78, 5) is 11.9. The van der Waals surface area contributed by atoms with Crippen molar-refractivity contribution in [1.29, 1.82) is 0 Å². The molecule has 0 spiro atoms. The van der Waals surface area contributed by atoms with Crippen molar-refractivity contribution < 1.29 is 22.7 Å². The molecule has 0 saturated heterocycles. The number of alkyl halides is 3. The molecule has 0 aliphatic rings. The molecule has 1 N–H and O–H groups in total. The molecule has 0 unspecified atom stereocenters. The summed E-state index contributed by atoms with van der Waals surface area (Å²) in [6, 6.07) is 11.5. The normalized spacial score (nSPS) is 11.1. The van der Waals surface area contributed by atoms with Crippen LogP contribution in [-0.2, 0) is 12.7 Å². The Bertz CT molecular complexity index is 651. The van der Waals surface area contributed by atoms with Crippen LogP contribution in [0.3, 0.4) is 0 Å². The van der Waals surface area contributed by atoms with E-state index in [0.29, 0.717) is 11.3 Å². The molecule has 0 saturated carbocycles. The van der Waals surface area contributed by atoms with Crippen LogP contribution in [-0.4, -0.2) is 13.0 Å². The molecule has 0 aromatic heterocycles. The van der Waals surface area contributed by atoms with Gasteiger partial charge in [-0.1, -0.05) is 18.2 Å². The third kappa shape index (κ3) is 3.78. The van der Waals surface area contributed by atoms with E-state index < -0.39 is 17.6 Å². The highest BCUT2D eigenvalue weighted by atomic mass is 19.4. The van der Waals surface area contributed by atoms with Gasteiger partial charge in [0.2, 0.25) is 0 Å². The average molecular weight is 309 g/mol. The van der Waals surface area contributed by atoms with Crippen LogP contribution in [0.5, 0.6) is 5.75 Å². The van der Waals surface area contributed by atoms with Crippen molar-refractivity contribution in [2.24, 2.45) is 0 Å². The van der Waals surface area contributed by atoms with Gasteiger partial charge in [-0.25, -0.2) is 0 Å². The SMILES string of the molecule is COc1ccc(C(=O)NCc2ccccc2C(F)(F)F)cc1. The average Bonchev–Trinajstić information content (AvgIpc) is 2.52. The molecule has 1 amide bonds. The van der Waals surface area contributed by atoms with Gasteiger partial charge in [0.1, 0.15) is 5.75 Å². The number of methoxy groups -OCH3 is 1. The fourth-order valence-electron chi connectivity index (χ4n) is 1.97. The number of amides is 1. The fourth-order valence-corrected chi connectivity index (χ4v) is 1.97. The van der Waals surface area contributed by atoms with Crippen LogP contribution < -0.4 is 10.1 Å². The molecule has 0 bridgehead atoms. The van der Waals surface area contributed by atoms with E-state index in [1.807, 2.05) is 0 Å². The Kier molecular flexibility index (Phi) is 4.70. The van der Waals surface area contributed by atoms with Gasteiger partial charge in [0, 0.05) is 12.1 Å². The topological polar surface area (TPSA) is 38.3 Å². The first-order chi connectivity index (χ1) is 10.4. The Morgan fingerprint density at radius 2 is 1.73 bits per heavy atom. The molecular formula is C16H14F3NO2. The summed E-state index contributed by atoms with van der Waals surface area (Å²) >= 11 is 0. The third-order valence-electron chi connectivity index (χ3n) is 3.11. The molecule has 3 nitrogen and oxygen atoms in total. The van der Waals surface area contributed by atoms with Crippen LogP contribution in [0.1, 0.15) is 21.5 Å². The van der Waals surface area contributed by atoms with Crippen molar-refractivity contribution >= 4 is 5.91 Å². The maximum absolute atomic E-state index is 12.9. The monoisotopic (exact) mass is 309 g/mol. The molecular weight excluding hydrogens is 295 g/mol. The maximum Gasteiger partial charge on any atom is 0.416 e. The van der Waals surface area contributed by atoms with E-state index in [2.05, 4.69) is 5.32 Å². The Labute approximate surface area is 125 Å². The van der Waals surface area contributed by atoms with Crippen molar-refractivity contribution in [2.45, 2.75) is 12.7 Å². The van der Waals surface area contributed by atoms with Gasteiger partial charge in [-0.15, -0.1) is 0 Å². The Hall–Kier alpha value is -2.50. The number of ether oxygens (including phenoxy) is 1. The molecule has 0 heterocycles. The molecule has 6 heteroatoms. The van der Waals surface area contributed by atoms with Gasteiger partial charge in [-0.3, -0.25) is 4.79 Å². The number of hydrogen-bond acceptors (Lipinski definition) is 2. The van der Waals surface area contributed by atoms with Crippen LogP contribution in [0.2, 0.25) is 0 Å². The van der Waals surface area contributed by atoms with Gasteiger partial charge in [-0.05, 0) is 35.9 Å². The van der Waals surface area contributed by atoms with E-state index in [-0.39, 0.29) is 12.1 Å². The zero-order valence-corrected chi connectivity index (χ0v) is 11.8. The van der Waals surface area contributed by atoms with Crippen LogP contribution in [0.15, 0.2) is 48.5 Å². The highest BCUT2D eigenvalue weighted by molar-refractivity contribution is 5.94. The first-order valence-corrected chi connectivity index (χ1v) is 6.49. The lowest BCUT2D eigenvalue weighted by Crippen LogP contribution is -2.24. The fraction of sp³-hybridized carbons (Fsp3) is 0.188. The number of carbonyl (C=O) groups excluding carboxylic acids is 1. The highest BCUT2D eigenvalue weighted by Crippen LogP contribution is 2.31. The Morgan fingerprint density at radius 3 is 2.32 bits per heavy atom. The summed E-state index contributed by atoms with van der Waals surface area (Å²) in [5.41, 5.74) is -0.368. The first kappa shape index (κ1) is 15.9. The number of benzene rings is 2. The summed E-state index contributed by atoms with van der Waals surface area (Å²) in [5, 5.41) is 2.49. The van der Waals surface area contributed by atoms with Crippen molar-refractivity contribution in [2.75, 3.05) is 7.11 Å². The number of halogens is 3. The van der Waals surface area contributed by atoms with Crippen LogP contribution in [0, 0.1) is 0 Å². The molecule has 0 fully saturated rings. The second-order valence-electron chi connectivity index (χ2n) is 4.57. The summed E-state index contributed by atoms with van der Waals surface area (Å²) in [5.74, 6) is 0.151. The summed E-state index contributed by atoms with van der Waals surface area (Å²) in [7, 11) is 1.50. The third-order valence-corrected chi connectivity index (χ3v) is 3.11. The first-order valence-electron chi connectivity index (χ1n) is 6.49. The number of nitrogens with one attached hydrogen (secondary N) is 1.